The average Bonchev–Trinajstić information content (AvgIpc) is 3.57. The van der Waals surface area contributed by atoms with Crippen molar-refractivity contribution < 1.29 is 63.2 Å². The van der Waals surface area contributed by atoms with Gasteiger partial charge in [-0.25, -0.2) is 9.86 Å². The molecule has 0 aliphatic rings. The molecule has 0 aliphatic carbocycles. The third kappa shape index (κ3) is 12.5. The topological polar surface area (TPSA) is 262 Å². The van der Waals surface area contributed by atoms with E-state index in [2.05, 4.69) is 16.0 Å². The van der Waals surface area contributed by atoms with E-state index in [4.69, 9.17) is 19.4 Å². The first-order valence-corrected chi connectivity index (χ1v) is 15.0. The van der Waals surface area contributed by atoms with E-state index in [1.807, 2.05) is 6.92 Å². The molecule has 48 heavy (non-hydrogen) atoms. The Morgan fingerprint density at radius 3 is 2.27 bits per heavy atom. The van der Waals surface area contributed by atoms with Gasteiger partial charge in [0.15, 0.2) is 12.0 Å². The van der Waals surface area contributed by atoms with Gasteiger partial charge in [0.2, 0.25) is 12.3 Å². The Kier molecular flexibility index (Phi) is 18.2. The number of aliphatic hydroxyl groups is 1. The minimum Gasteiger partial charge on any atom is -0.485 e. The Morgan fingerprint density at radius 1 is 0.979 bits per heavy atom. The summed E-state index contributed by atoms with van der Waals surface area (Å²) in [5, 5.41) is 42.8. The molecule has 2 rings (SSSR count). The first-order valence-electron chi connectivity index (χ1n) is 15.0. The molecule has 0 bridgehead atoms. The smallest absolute Gasteiger partial charge is 0.326 e. The highest BCUT2D eigenvalue weighted by molar-refractivity contribution is 6.00. The van der Waals surface area contributed by atoms with Gasteiger partial charge >= 0.3 is 11.9 Å². The van der Waals surface area contributed by atoms with Crippen molar-refractivity contribution in [3.63, 3.8) is 0 Å². The molecule has 3 atom stereocenters. The van der Waals surface area contributed by atoms with Gasteiger partial charge < -0.3 is 40.4 Å². The standard InChI is InChI=1S/C30H38N4O12.CH4O/c1-3-5-6-7-19(22(4-2)34(44)17-36)27(39)31-16-32-29(41)24-11-10-23(46-24)18-8-9-20(25(14-18)45-13-12-35)28(40)33-21(30(42)43)15-26(37)38;1-2/h8-12,14,17,19,21-22,44H,3-7,13,15-16H2,1-2H3,(H,31,39)(H,32,41)(H,33,40)(H,37,38)(H,42,43);2H,1H3. The Hall–Kier alpha value is -5.29. The zero-order valence-corrected chi connectivity index (χ0v) is 26.8. The van der Waals surface area contributed by atoms with Crippen molar-refractivity contribution in [2.45, 2.75) is 64.5 Å². The average molecular weight is 679 g/mol. The zero-order chi connectivity index (χ0) is 36.2. The number of benzene rings is 1. The molecular weight excluding hydrogens is 636 g/mol. The van der Waals surface area contributed by atoms with Crippen LogP contribution in [0, 0.1) is 5.92 Å². The normalized spacial score (nSPS) is 12.2. The number of furan rings is 1. The number of hydrogen-bond acceptors (Lipinski definition) is 11. The fraction of sp³-hybridized carbons (Fsp3) is 0.452. The first-order chi connectivity index (χ1) is 23.0. The van der Waals surface area contributed by atoms with Gasteiger partial charge in [0.25, 0.3) is 11.8 Å². The lowest BCUT2D eigenvalue weighted by Gasteiger charge is -2.29. The highest BCUT2D eigenvalue weighted by Gasteiger charge is 2.31. The number of nitrogens with zero attached hydrogens (tertiary/aromatic N) is 1. The minimum atomic E-state index is -1.72. The maximum atomic E-state index is 12.9. The third-order valence-electron chi connectivity index (χ3n) is 6.93. The van der Waals surface area contributed by atoms with E-state index in [9.17, 15) is 43.9 Å². The molecule has 2 aromatic rings. The molecule has 0 spiro atoms. The zero-order valence-electron chi connectivity index (χ0n) is 26.8. The Labute approximate surface area is 276 Å². The van der Waals surface area contributed by atoms with Gasteiger partial charge in [0.05, 0.1) is 30.6 Å². The summed E-state index contributed by atoms with van der Waals surface area (Å²) in [4.78, 5) is 82.8. The number of carbonyl (C=O) groups excluding carboxylic acids is 5. The monoisotopic (exact) mass is 678 g/mol. The van der Waals surface area contributed by atoms with Crippen LogP contribution in [0.2, 0.25) is 0 Å². The lowest BCUT2D eigenvalue weighted by molar-refractivity contribution is -0.168. The van der Waals surface area contributed by atoms with Crippen LogP contribution in [0.15, 0.2) is 34.7 Å². The Bertz CT molecular complexity index is 1390. The minimum absolute atomic E-state index is 0.132. The van der Waals surface area contributed by atoms with Crippen molar-refractivity contribution in [3.05, 3.63) is 41.7 Å². The summed E-state index contributed by atoms with van der Waals surface area (Å²) in [7, 11) is 1.00. The maximum absolute atomic E-state index is 12.9. The van der Waals surface area contributed by atoms with Gasteiger partial charge in [-0.3, -0.25) is 34.0 Å². The van der Waals surface area contributed by atoms with Crippen molar-refractivity contribution in [1.82, 2.24) is 21.0 Å². The quantitative estimate of drug-likeness (QED) is 0.0324. The second-order valence-electron chi connectivity index (χ2n) is 10.1. The van der Waals surface area contributed by atoms with Crippen LogP contribution >= 0.6 is 0 Å². The number of carboxylic acid groups (broad SMARTS) is 2. The number of amides is 4. The van der Waals surface area contributed by atoms with E-state index in [-0.39, 0.29) is 35.9 Å². The van der Waals surface area contributed by atoms with Crippen LogP contribution in [0.3, 0.4) is 0 Å². The molecule has 0 aliphatic heterocycles. The molecule has 17 heteroatoms. The highest BCUT2D eigenvalue weighted by atomic mass is 16.5. The second kappa shape index (κ2) is 21.5. The van der Waals surface area contributed by atoms with Crippen LogP contribution in [-0.2, 0) is 24.0 Å². The summed E-state index contributed by atoms with van der Waals surface area (Å²) in [6.45, 7) is 3.02. The molecule has 0 fully saturated rings. The number of aldehydes is 1. The van der Waals surface area contributed by atoms with Crippen molar-refractivity contribution >= 4 is 42.4 Å². The van der Waals surface area contributed by atoms with Crippen molar-refractivity contribution in [3.8, 4) is 17.1 Å². The number of carbonyl (C=O) groups is 7. The molecule has 3 unspecified atom stereocenters. The van der Waals surface area contributed by atoms with Gasteiger partial charge in [0.1, 0.15) is 24.2 Å². The molecule has 4 amide bonds. The fourth-order valence-electron chi connectivity index (χ4n) is 4.61. The van der Waals surface area contributed by atoms with Crippen LogP contribution in [-0.4, -0.2) is 100 Å². The number of nitrogens with one attached hydrogen (secondary N) is 3. The van der Waals surface area contributed by atoms with Crippen LogP contribution in [0.5, 0.6) is 5.75 Å². The van der Waals surface area contributed by atoms with Crippen molar-refractivity contribution in [2.24, 2.45) is 5.92 Å². The molecule has 1 heterocycles. The molecule has 1 aromatic carbocycles. The number of rotatable bonds is 21. The summed E-state index contributed by atoms with van der Waals surface area (Å²) in [6, 6.07) is 4.32. The highest BCUT2D eigenvalue weighted by Crippen LogP contribution is 2.29. The van der Waals surface area contributed by atoms with Crippen LogP contribution in [0.25, 0.3) is 11.3 Å². The molecule has 0 saturated heterocycles. The van der Waals surface area contributed by atoms with E-state index in [0.29, 0.717) is 36.2 Å². The molecular formula is C31H42N4O13. The number of carboxylic acids is 2. The number of aliphatic hydroxyl groups excluding tert-OH is 1. The molecule has 7 N–H and O–H groups in total. The predicted molar refractivity (Wildman–Crippen MR) is 167 cm³/mol. The summed E-state index contributed by atoms with van der Waals surface area (Å²) in [6.07, 6.45) is 3.06. The lowest BCUT2D eigenvalue weighted by atomic mass is 9.90. The predicted octanol–water partition coefficient (Wildman–Crippen LogP) is 1.42. The maximum Gasteiger partial charge on any atom is 0.326 e. The Balaban J connectivity index is 0.00000565. The Morgan fingerprint density at radius 2 is 1.69 bits per heavy atom. The van der Waals surface area contributed by atoms with Crippen LogP contribution in [0.4, 0.5) is 0 Å². The number of aliphatic carboxylic acids is 2. The molecule has 0 radical (unpaired) electrons. The third-order valence-corrected chi connectivity index (χ3v) is 6.93. The van der Waals surface area contributed by atoms with E-state index < -0.39 is 60.7 Å². The lowest BCUT2D eigenvalue weighted by Crippen LogP contribution is -2.47. The number of hydrogen-bond donors (Lipinski definition) is 7. The van der Waals surface area contributed by atoms with Gasteiger partial charge in [-0.2, -0.15) is 0 Å². The summed E-state index contributed by atoms with van der Waals surface area (Å²) in [5.74, 6) is -5.90. The first kappa shape index (κ1) is 40.7. The number of hydroxylamine groups is 2. The van der Waals surface area contributed by atoms with E-state index >= 15 is 0 Å². The molecule has 17 nitrogen and oxygen atoms in total. The summed E-state index contributed by atoms with van der Waals surface area (Å²) < 4.78 is 11.0. The molecule has 1 aromatic heterocycles. The second-order valence-corrected chi connectivity index (χ2v) is 10.1. The van der Waals surface area contributed by atoms with Gasteiger partial charge in [-0.1, -0.05) is 39.2 Å². The van der Waals surface area contributed by atoms with Crippen LogP contribution < -0.4 is 20.7 Å². The van der Waals surface area contributed by atoms with E-state index in [0.717, 1.165) is 20.0 Å². The van der Waals surface area contributed by atoms with Gasteiger partial charge in [0, 0.05) is 12.7 Å². The molecule has 264 valence electrons. The van der Waals surface area contributed by atoms with Crippen molar-refractivity contribution in [1.29, 1.82) is 0 Å². The van der Waals surface area contributed by atoms with Gasteiger partial charge in [-0.15, -0.1) is 0 Å². The molecule has 0 saturated carbocycles. The van der Waals surface area contributed by atoms with E-state index in [1.54, 1.807) is 6.92 Å². The fourth-order valence-corrected chi connectivity index (χ4v) is 4.61. The van der Waals surface area contributed by atoms with Crippen molar-refractivity contribution in [2.75, 3.05) is 20.4 Å². The number of unbranched alkanes of at least 4 members (excludes halogenated alkanes) is 2. The summed E-state index contributed by atoms with van der Waals surface area (Å²) in [5.41, 5.74) is 0.132. The summed E-state index contributed by atoms with van der Waals surface area (Å²) >= 11 is 0. The van der Waals surface area contributed by atoms with Gasteiger partial charge in [-0.05, 0) is 37.1 Å². The number of ether oxygens (including phenoxy) is 1. The van der Waals surface area contributed by atoms with E-state index in [1.165, 1.54) is 30.3 Å². The SMILES string of the molecule is CCCCCC(C(=O)NCNC(=O)c1ccc(-c2ccc(C(=O)NC(CC(=O)O)C(=O)O)c(OCC=O)c2)o1)C(CC)N(O)C=O.CO. The largest absolute Gasteiger partial charge is 0.485 e. The van der Waals surface area contributed by atoms with Crippen LogP contribution in [0.1, 0.15) is 73.3 Å².